The highest BCUT2D eigenvalue weighted by atomic mass is 32.2. The van der Waals surface area contributed by atoms with Gasteiger partial charge in [0, 0.05) is 4.88 Å². The van der Waals surface area contributed by atoms with E-state index >= 15 is 0 Å². The Labute approximate surface area is 128 Å². The highest BCUT2D eigenvalue weighted by Gasteiger charge is 2.11. The van der Waals surface area contributed by atoms with Gasteiger partial charge in [0.25, 0.3) is 0 Å². The van der Waals surface area contributed by atoms with Gasteiger partial charge in [-0.05, 0) is 20.1 Å². The number of hydrogen-bond donors (Lipinski definition) is 1. The van der Waals surface area contributed by atoms with E-state index in [1.54, 1.807) is 40.8 Å². The van der Waals surface area contributed by atoms with Crippen molar-refractivity contribution in [1.29, 1.82) is 0 Å². The molecule has 0 bridgehead atoms. The lowest BCUT2D eigenvalue weighted by Crippen LogP contribution is -2.03. The summed E-state index contributed by atoms with van der Waals surface area (Å²) < 4.78 is 2.01. The summed E-state index contributed by atoms with van der Waals surface area (Å²) in [4.78, 5) is 18.7. The number of thiazole rings is 2. The third-order valence-electron chi connectivity index (χ3n) is 2.77. The molecule has 3 rings (SSSR count). The van der Waals surface area contributed by atoms with Crippen molar-refractivity contribution in [3.63, 3.8) is 0 Å². The normalized spacial score (nSPS) is 11.2. The first kappa shape index (κ1) is 13.7. The van der Waals surface area contributed by atoms with Crippen LogP contribution in [-0.2, 0) is 6.54 Å². The van der Waals surface area contributed by atoms with Crippen molar-refractivity contribution >= 4 is 50.6 Å². The Morgan fingerprint density at radius 3 is 2.75 bits per heavy atom. The minimum Gasteiger partial charge on any atom is -0.363 e. The van der Waals surface area contributed by atoms with E-state index in [2.05, 4.69) is 32.2 Å². The first-order valence-corrected chi connectivity index (χ1v) is 8.85. The minimum absolute atomic E-state index is 0.675. The molecule has 20 heavy (non-hydrogen) atoms. The van der Waals surface area contributed by atoms with Gasteiger partial charge in [0.15, 0.2) is 9.99 Å². The van der Waals surface area contributed by atoms with Gasteiger partial charge in [-0.25, -0.2) is 19.9 Å². The standard InChI is InChI=1S/C12H13N5S3/c1-6-8(16-7(2)19-6)4-13-10-9-11(15-5-14-10)17-12(18-3)20-9/h5H,4H2,1-3H3,(H,13,14,15). The fourth-order valence-corrected chi connectivity index (χ4v) is 4.16. The molecule has 3 aromatic rings. The lowest BCUT2D eigenvalue weighted by Gasteiger charge is -2.04. The maximum absolute atomic E-state index is 4.52. The fraction of sp³-hybridized carbons (Fsp3) is 0.333. The van der Waals surface area contributed by atoms with Crippen LogP contribution in [0.25, 0.3) is 10.3 Å². The first-order valence-electron chi connectivity index (χ1n) is 5.99. The van der Waals surface area contributed by atoms with E-state index < -0.39 is 0 Å². The molecular weight excluding hydrogens is 310 g/mol. The lowest BCUT2D eigenvalue weighted by molar-refractivity contribution is 1.02. The molecule has 0 radical (unpaired) electrons. The molecule has 0 aliphatic rings. The van der Waals surface area contributed by atoms with Gasteiger partial charge in [-0.2, -0.15) is 0 Å². The number of hydrogen-bond acceptors (Lipinski definition) is 8. The molecule has 0 aromatic carbocycles. The average molecular weight is 323 g/mol. The first-order chi connectivity index (χ1) is 9.67. The predicted octanol–water partition coefficient (Wildman–Crippen LogP) is 3.49. The molecule has 104 valence electrons. The third kappa shape index (κ3) is 2.63. The van der Waals surface area contributed by atoms with Crippen LogP contribution in [0.2, 0.25) is 0 Å². The molecule has 0 aliphatic heterocycles. The molecule has 0 aliphatic carbocycles. The summed E-state index contributed by atoms with van der Waals surface area (Å²) in [6, 6.07) is 0. The number of thioether (sulfide) groups is 1. The Hall–Kier alpha value is -1.25. The number of anilines is 1. The summed E-state index contributed by atoms with van der Waals surface area (Å²) in [6.07, 6.45) is 3.56. The van der Waals surface area contributed by atoms with Crippen LogP contribution in [0.5, 0.6) is 0 Å². The molecule has 0 saturated carbocycles. The van der Waals surface area contributed by atoms with Crippen molar-refractivity contribution in [2.24, 2.45) is 0 Å². The number of aromatic nitrogens is 4. The Morgan fingerprint density at radius 2 is 2.05 bits per heavy atom. The van der Waals surface area contributed by atoms with Crippen LogP contribution in [0.1, 0.15) is 15.6 Å². The summed E-state index contributed by atoms with van der Waals surface area (Å²) in [6.45, 7) is 4.79. The van der Waals surface area contributed by atoms with Gasteiger partial charge in [0.1, 0.15) is 16.8 Å². The minimum atomic E-state index is 0.675. The number of nitrogens with zero attached hydrogens (tertiary/aromatic N) is 4. The molecule has 5 nitrogen and oxygen atoms in total. The SMILES string of the molecule is CSc1nc2ncnc(NCc3nc(C)sc3C)c2s1. The fourth-order valence-electron chi connectivity index (χ4n) is 1.85. The molecule has 0 saturated heterocycles. The highest BCUT2D eigenvalue weighted by molar-refractivity contribution is 8.00. The molecule has 1 N–H and O–H groups in total. The van der Waals surface area contributed by atoms with Gasteiger partial charge in [-0.1, -0.05) is 11.8 Å². The van der Waals surface area contributed by atoms with Crippen LogP contribution in [-0.4, -0.2) is 26.2 Å². The summed E-state index contributed by atoms with van der Waals surface area (Å²) in [5.74, 6) is 0.831. The van der Waals surface area contributed by atoms with Crippen molar-refractivity contribution < 1.29 is 0 Å². The van der Waals surface area contributed by atoms with Crippen molar-refractivity contribution in [1.82, 2.24) is 19.9 Å². The zero-order valence-corrected chi connectivity index (χ0v) is 13.7. The summed E-state index contributed by atoms with van der Waals surface area (Å²) in [5.41, 5.74) is 1.83. The van der Waals surface area contributed by atoms with Crippen LogP contribution < -0.4 is 5.32 Å². The largest absolute Gasteiger partial charge is 0.363 e. The van der Waals surface area contributed by atoms with Crippen LogP contribution in [0.4, 0.5) is 5.82 Å². The second-order valence-electron chi connectivity index (χ2n) is 4.15. The van der Waals surface area contributed by atoms with E-state index in [4.69, 9.17) is 0 Å². The maximum atomic E-state index is 4.52. The monoisotopic (exact) mass is 323 g/mol. The molecule has 0 unspecified atom stereocenters. The average Bonchev–Trinajstić information content (AvgIpc) is 2.99. The van der Waals surface area contributed by atoms with Gasteiger partial charge in [-0.3, -0.25) is 0 Å². The number of aryl methyl sites for hydroxylation is 2. The van der Waals surface area contributed by atoms with Gasteiger partial charge in [-0.15, -0.1) is 22.7 Å². The summed E-state index contributed by atoms with van der Waals surface area (Å²) in [7, 11) is 0. The second kappa shape index (κ2) is 5.63. The van der Waals surface area contributed by atoms with Gasteiger partial charge >= 0.3 is 0 Å². The number of nitrogens with one attached hydrogen (secondary N) is 1. The number of fused-ring (bicyclic) bond motifs is 1. The predicted molar refractivity (Wildman–Crippen MR) is 85.9 cm³/mol. The molecule has 8 heteroatoms. The zero-order valence-electron chi connectivity index (χ0n) is 11.3. The molecule has 0 amide bonds. The van der Waals surface area contributed by atoms with E-state index in [9.17, 15) is 0 Å². The Morgan fingerprint density at radius 1 is 1.20 bits per heavy atom. The Kier molecular flexibility index (Phi) is 3.86. The van der Waals surface area contributed by atoms with E-state index in [1.165, 1.54) is 4.88 Å². The maximum Gasteiger partial charge on any atom is 0.176 e. The van der Waals surface area contributed by atoms with Crippen LogP contribution in [0.15, 0.2) is 10.7 Å². The molecular formula is C12H13N5S3. The van der Waals surface area contributed by atoms with Gasteiger partial charge in [0.05, 0.1) is 17.2 Å². The van der Waals surface area contributed by atoms with Crippen LogP contribution in [0, 0.1) is 13.8 Å². The zero-order chi connectivity index (χ0) is 14.1. The quantitative estimate of drug-likeness (QED) is 0.742. The Bertz CT molecular complexity index is 749. The number of rotatable bonds is 4. The van der Waals surface area contributed by atoms with Gasteiger partial charge < -0.3 is 5.32 Å². The Balaban J connectivity index is 1.87. The van der Waals surface area contributed by atoms with Crippen molar-refractivity contribution in [3.05, 3.63) is 21.9 Å². The van der Waals surface area contributed by atoms with Gasteiger partial charge in [0.2, 0.25) is 0 Å². The smallest absolute Gasteiger partial charge is 0.176 e. The van der Waals surface area contributed by atoms with Crippen molar-refractivity contribution in [2.45, 2.75) is 24.7 Å². The summed E-state index contributed by atoms with van der Waals surface area (Å²) in [5, 5.41) is 4.44. The van der Waals surface area contributed by atoms with Crippen LogP contribution >= 0.6 is 34.4 Å². The summed E-state index contributed by atoms with van der Waals surface area (Å²) >= 11 is 4.96. The topological polar surface area (TPSA) is 63.6 Å². The van der Waals surface area contributed by atoms with E-state index in [0.717, 1.165) is 31.2 Å². The highest BCUT2D eigenvalue weighted by Crippen LogP contribution is 2.31. The van der Waals surface area contributed by atoms with E-state index in [-0.39, 0.29) is 0 Å². The van der Waals surface area contributed by atoms with E-state index in [0.29, 0.717) is 6.54 Å². The third-order valence-corrected chi connectivity index (χ3v) is 5.73. The second-order valence-corrected chi connectivity index (χ2v) is 7.61. The molecule has 0 atom stereocenters. The van der Waals surface area contributed by atoms with Crippen molar-refractivity contribution in [3.8, 4) is 0 Å². The molecule has 0 spiro atoms. The van der Waals surface area contributed by atoms with Crippen LogP contribution in [0.3, 0.4) is 0 Å². The molecule has 3 heterocycles. The lowest BCUT2D eigenvalue weighted by atomic mass is 10.4. The van der Waals surface area contributed by atoms with E-state index in [1.807, 2.05) is 13.2 Å². The molecule has 0 fully saturated rings. The van der Waals surface area contributed by atoms with Crippen molar-refractivity contribution in [2.75, 3.05) is 11.6 Å². The molecule has 3 aromatic heterocycles.